The molecule has 1 aromatic heterocycles. The van der Waals surface area contributed by atoms with Gasteiger partial charge in [0, 0.05) is 34.1 Å². The summed E-state index contributed by atoms with van der Waals surface area (Å²) in [5.41, 5.74) is -2.08. The van der Waals surface area contributed by atoms with Crippen LogP contribution in [0.3, 0.4) is 0 Å². The zero-order valence-corrected chi connectivity index (χ0v) is 16.8. The number of benzene rings is 2. The third-order valence-corrected chi connectivity index (χ3v) is 5.47. The van der Waals surface area contributed by atoms with E-state index in [1.165, 1.54) is 12.1 Å². The molecule has 1 heterocycles. The molecule has 6 heteroatoms. The van der Waals surface area contributed by atoms with Gasteiger partial charge in [-0.1, -0.05) is 39.8 Å². The Morgan fingerprint density at radius 1 is 0.793 bits per heavy atom. The molecule has 6 nitrogen and oxygen atoms in total. The predicted molar refractivity (Wildman–Crippen MR) is 113 cm³/mol. The lowest BCUT2D eigenvalue weighted by molar-refractivity contribution is 0.393. The van der Waals surface area contributed by atoms with Crippen molar-refractivity contribution >= 4 is 21.9 Å². The molecule has 152 valence electrons. The topological polar surface area (TPSA) is 111 Å². The largest absolute Gasteiger partial charge is 0.507 e. The van der Waals surface area contributed by atoms with Crippen LogP contribution in [0.1, 0.15) is 38.8 Å². The minimum Gasteiger partial charge on any atom is -0.507 e. The molecule has 29 heavy (non-hydrogen) atoms. The molecule has 3 aromatic rings. The molecular weight excluding hydrogens is 372 g/mol. The fourth-order valence-corrected chi connectivity index (χ4v) is 3.58. The van der Waals surface area contributed by atoms with E-state index in [2.05, 4.69) is 13.2 Å². The van der Waals surface area contributed by atoms with Crippen LogP contribution in [0.2, 0.25) is 0 Å². The molecule has 3 rings (SSSR count). The lowest BCUT2D eigenvalue weighted by atomic mass is 9.80. The Balaban J connectivity index is 2.65. The van der Waals surface area contributed by atoms with Crippen molar-refractivity contribution in [2.24, 2.45) is 0 Å². The van der Waals surface area contributed by atoms with Crippen molar-refractivity contribution in [1.29, 1.82) is 0 Å². The molecule has 0 aliphatic heterocycles. The lowest BCUT2D eigenvalue weighted by Gasteiger charge is -2.25. The summed E-state index contributed by atoms with van der Waals surface area (Å²) in [7, 11) is 0. The molecule has 0 fully saturated rings. The second kappa shape index (κ2) is 6.30. The van der Waals surface area contributed by atoms with E-state index in [1.54, 1.807) is 33.8 Å². The van der Waals surface area contributed by atoms with E-state index in [9.17, 15) is 25.2 Å². The molecule has 4 N–H and O–H groups in total. The number of rotatable bonds is 4. The third-order valence-electron chi connectivity index (χ3n) is 5.47. The Kier molecular flexibility index (Phi) is 4.42. The lowest BCUT2D eigenvalue weighted by Crippen LogP contribution is -2.19. The molecule has 0 spiro atoms. The van der Waals surface area contributed by atoms with Crippen LogP contribution in [0.15, 0.2) is 46.7 Å². The maximum atomic E-state index is 13.5. The average molecular weight is 396 g/mol. The highest BCUT2D eigenvalue weighted by Crippen LogP contribution is 2.46. The number of allylic oxidation sites excluding steroid dienone is 2. The molecular formula is C23H24O6. The van der Waals surface area contributed by atoms with Crippen LogP contribution in [0.25, 0.3) is 21.9 Å². The first-order chi connectivity index (χ1) is 13.4. The van der Waals surface area contributed by atoms with Gasteiger partial charge < -0.3 is 24.8 Å². The number of fused-ring (bicyclic) bond motifs is 2. The standard InChI is InChI=1S/C23H24O6/c1-7-22(3,4)17-11(24)9-14-16(21(17)28)20(27)15-13(29-14)10-12(25)19(26)18(15)23(5,6)8-2/h7-10,24-26,28H,1-2H2,3-6H3. The van der Waals surface area contributed by atoms with E-state index in [4.69, 9.17) is 4.42 Å². The first-order valence-electron chi connectivity index (χ1n) is 9.06. The fraction of sp³-hybridized carbons (Fsp3) is 0.261. The highest BCUT2D eigenvalue weighted by molar-refractivity contribution is 5.98. The van der Waals surface area contributed by atoms with Crippen LogP contribution in [-0.4, -0.2) is 20.4 Å². The first-order valence-corrected chi connectivity index (χ1v) is 9.06. The summed E-state index contributed by atoms with van der Waals surface area (Å²) in [6, 6.07) is 2.38. The maximum Gasteiger partial charge on any atom is 0.204 e. The summed E-state index contributed by atoms with van der Waals surface area (Å²) in [6.07, 6.45) is 3.08. The first kappa shape index (κ1) is 20.3. The van der Waals surface area contributed by atoms with Crippen molar-refractivity contribution < 1.29 is 24.8 Å². The van der Waals surface area contributed by atoms with Crippen molar-refractivity contribution in [1.82, 2.24) is 0 Å². The molecule has 0 atom stereocenters. The zero-order chi connectivity index (χ0) is 21.9. The van der Waals surface area contributed by atoms with Crippen LogP contribution in [-0.2, 0) is 10.8 Å². The number of phenols is 4. The number of hydrogen-bond acceptors (Lipinski definition) is 6. The van der Waals surface area contributed by atoms with E-state index in [1.807, 2.05) is 0 Å². The van der Waals surface area contributed by atoms with Gasteiger partial charge in [-0.25, -0.2) is 0 Å². The van der Waals surface area contributed by atoms with Gasteiger partial charge in [-0.05, 0) is 0 Å². The molecule has 0 bridgehead atoms. The highest BCUT2D eigenvalue weighted by Gasteiger charge is 2.32. The number of hydrogen-bond donors (Lipinski definition) is 4. The molecule has 0 amide bonds. The third kappa shape index (κ3) is 2.83. The quantitative estimate of drug-likeness (QED) is 0.289. The van der Waals surface area contributed by atoms with E-state index >= 15 is 0 Å². The van der Waals surface area contributed by atoms with Crippen LogP contribution < -0.4 is 5.43 Å². The van der Waals surface area contributed by atoms with Gasteiger partial charge in [0.1, 0.15) is 28.1 Å². The van der Waals surface area contributed by atoms with Gasteiger partial charge in [-0.3, -0.25) is 4.79 Å². The molecule has 0 unspecified atom stereocenters. The number of phenolic OH excluding ortho intramolecular Hbond substituents is 4. The Morgan fingerprint density at radius 2 is 1.28 bits per heavy atom. The van der Waals surface area contributed by atoms with E-state index < -0.39 is 33.5 Å². The van der Waals surface area contributed by atoms with Gasteiger partial charge in [0.2, 0.25) is 5.43 Å². The van der Waals surface area contributed by atoms with E-state index in [0.29, 0.717) is 0 Å². The summed E-state index contributed by atoms with van der Waals surface area (Å²) >= 11 is 0. The maximum absolute atomic E-state index is 13.5. The summed E-state index contributed by atoms with van der Waals surface area (Å²) in [4.78, 5) is 13.5. The average Bonchev–Trinajstić information content (AvgIpc) is 2.62. The zero-order valence-electron chi connectivity index (χ0n) is 16.8. The predicted octanol–water partition coefficient (Wildman–Crippen LogP) is 4.70. The molecule has 0 aliphatic carbocycles. The van der Waals surface area contributed by atoms with Gasteiger partial charge in [-0.15, -0.1) is 13.2 Å². The van der Waals surface area contributed by atoms with Gasteiger partial charge in [-0.2, -0.15) is 0 Å². The SMILES string of the molecule is C=CC(C)(C)c1c(O)cc2oc3cc(O)c(O)c(C(C)(C)C=C)c3c(=O)c2c1O. The number of aromatic hydroxyl groups is 4. The molecule has 2 aromatic carbocycles. The second-order valence-corrected chi connectivity index (χ2v) is 8.27. The molecule has 0 aliphatic rings. The Labute approximate surface area is 167 Å². The van der Waals surface area contributed by atoms with Crippen LogP contribution in [0.5, 0.6) is 23.0 Å². The van der Waals surface area contributed by atoms with Gasteiger partial charge in [0.15, 0.2) is 11.5 Å². The van der Waals surface area contributed by atoms with Crippen LogP contribution >= 0.6 is 0 Å². The van der Waals surface area contributed by atoms with Crippen LogP contribution in [0.4, 0.5) is 0 Å². The van der Waals surface area contributed by atoms with Gasteiger partial charge in [0.05, 0.1) is 5.39 Å². The van der Waals surface area contributed by atoms with Crippen LogP contribution in [0, 0.1) is 0 Å². The summed E-state index contributed by atoms with van der Waals surface area (Å²) in [5, 5.41) is 41.9. The van der Waals surface area contributed by atoms with E-state index in [-0.39, 0.29) is 38.8 Å². The smallest absolute Gasteiger partial charge is 0.204 e. The van der Waals surface area contributed by atoms with Crippen molar-refractivity contribution in [3.05, 3.63) is 58.8 Å². The van der Waals surface area contributed by atoms with Crippen molar-refractivity contribution in [2.75, 3.05) is 0 Å². The Morgan fingerprint density at radius 3 is 1.83 bits per heavy atom. The molecule has 0 radical (unpaired) electrons. The monoisotopic (exact) mass is 396 g/mol. The summed E-state index contributed by atoms with van der Waals surface area (Å²) in [6.45, 7) is 14.4. The summed E-state index contributed by atoms with van der Waals surface area (Å²) in [5.74, 6) is -1.59. The van der Waals surface area contributed by atoms with Gasteiger partial charge >= 0.3 is 0 Å². The normalized spacial score (nSPS) is 12.4. The van der Waals surface area contributed by atoms with Crippen molar-refractivity contribution in [2.45, 2.75) is 38.5 Å². The highest BCUT2D eigenvalue weighted by atomic mass is 16.3. The Bertz CT molecular complexity index is 1240. The van der Waals surface area contributed by atoms with Gasteiger partial charge in [0.25, 0.3) is 0 Å². The van der Waals surface area contributed by atoms with Crippen molar-refractivity contribution in [3.63, 3.8) is 0 Å². The second-order valence-electron chi connectivity index (χ2n) is 8.27. The minimum atomic E-state index is -0.890. The summed E-state index contributed by atoms with van der Waals surface area (Å²) < 4.78 is 5.75. The molecule has 0 saturated heterocycles. The van der Waals surface area contributed by atoms with Crippen molar-refractivity contribution in [3.8, 4) is 23.0 Å². The fourth-order valence-electron chi connectivity index (χ4n) is 3.58. The van der Waals surface area contributed by atoms with E-state index in [0.717, 1.165) is 6.07 Å². The molecule has 0 saturated carbocycles. The minimum absolute atomic E-state index is 0.0113. The Hall–Kier alpha value is -3.41.